The van der Waals surface area contributed by atoms with E-state index in [4.69, 9.17) is 10.5 Å². The van der Waals surface area contributed by atoms with E-state index in [1.807, 2.05) is 4.90 Å². The Balaban J connectivity index is 1.57. The van der Waals surface area contributed by atoms with Gasteiger partial charge in [-0.3, -0.25) is 9.36 Å². The van der Waals surface area contributed by atoms with Crippen LogP contribution < -0.4 is 26.2 Å². The Morgan fingerprint density at radius 2 is 1.97 bits per heavy atom. The van der Waals surface area contributed by atoms with Crippen LogP contribution in [0.15, 0.2) is 23.0 Å². The van der Waals surface area contributed by atoms with Crippen LogP contribution in [-0.4, -0.2) is 52.7 Å². The monoisotopic (exact) mass is 553 g/mol. The molecule has 39 heavy (non-hydrogen) atoms. The first-order chi connectivity index (χ1) is 18.7. The number of nitrogen functional groups attached to an aromatic ring is 1. The minimum atomic E-state index is -3.10. The highest BCUT2D eigenvalue weighted by Gasteiger charge is 2.59. The molecule has 5 heterocycles. The van der Waals surface area contributed by atoms with Crippen LogP contribution in [0.3, 0.4) is 0 Å². The van der Waals surface area contributed by atoms with Gasteiger partial charge in [-0.1, -0.05) is 11.3 Å². The van der Waals surface area contributed by atoms with Gasteiger partial charge in [-0.2, -0.15) is 5.26 Å². The minimum absolute atomic E-state index is 0.0351. The number of hydrogen-bond acceptors (Lipinski definition) is 9. The quantitative estimate of drug-likeness (QED) is 0.392. The Hall–Kier alpha value is -3.89. The van der Waals surface area contributed by atoms with Crippen molar-refractivity contribution in [2.75, 3.05) is 30.8 Å². The third kappa shape index (κ3) is 3.58. The molecular weight excluding hydrogens is 531 g/mol. The van der Waals surface area contributed by atoms with Gasteiger partial charge in [-0.25, -0.2) is 23.1 Å². The zero-order valence-electron chi connectivity index (χ0n) is 20.7. The number of aromatic nitrogens is 3. The maximum atomic E-state index is 14.6. The lowest BCUT2D eigenvalue weighted by Gasteiger charge is -2.35. The van der Waals surface area contributed by atoms with Crippen molar-refractivity contribution in [1.82, 2.24) is 19.9 Å². The third-order valence-corrected chi connectivity index (χ3v) is 8.75. The Kier molecular flexibility index (Phi) is 5.15. The van der Waals surface area contributed by atoms with Gasteiger partial charge in [0, 0.05) is 37.2 Å². The number of halogens is 3. The lowest BCUT2D eigenvalue weighted by atomic mass is 10.0. The van der Waals surface area contributed by atoms with E-state index in [2.05, 4.69) is 21.4 Å². The summed E-state index contributed by atoms with van der Waals surface area (Å²) < 4.78 is 50.5. The number of ether oxygens (including phenoxy) is 1. The number of nitrogens with two attached hydrogens (primary N) is 1. The van der Waals surface area contributed by atoms with Crippen molar-refractivity contribution >= 4 is 43.3 Å². The second kappa shape index (κ2) is 8.30. The standard InChI is InChI=1S/C26H22F3N7O2S/c1-38-23-14(8-30)21(35-9-11-2-3-12(10-35)32-11)19-16(33-23)6-17(36(24(19)37)18-7-26(18,28)29)13-4-5-15(27)22-20(13)34-25(31)39-22/h4-6,11-12,18,32H,2-3,7,9-10H2,1H3,(H2,31,34). The molecule has 1 aliphatic carbocycles. The van der Waals surface area contributed by atoms with E-state index >= 15 is 0 Å². The second-order valence-corrected chi connectivity index (χ2v) is 11.3. The van der Waals surface area contributed by atoms with E-state index < -0.39 is 29.8 Å². The SMILES string of the molecule is COc1nc2cc(-c3ccc(F)c4sc(N)nc34)n(C3CC3(F)F)c(=O)c2c(N2CC3CCC(C2)N3)c1C#N. The fourth-order valence-corrected chi connectivity index (χ4v) is 6.82. The number of thiazole rings is 1. The lowest BCUT2D eigenvalue weighted by Crippen LogP contribution is -2.51. The molecule has 0 radical (unpaired) electrons. The van der Waals surface area contributed by atoms with Gasteiger partial charge in [0.15, 0.2) is 5.13 Å². The average molecular weight is 554 g/mol. The number of nitrogens with one attached hydrogen (secondary N) is 1. The summed E-state index contributed by atoms with van der Waals surface area (Å²) in [6, 6.07) is 5.23. The molecule has 3 aliphatic rings. The van der Waals surface area contributed by atoms with Gasteiger partial charge in [-0.05, 0) is 31.0 Å². The summed E-state index contributed by atoms with van der Waals surface area (Å²) in [5.74, 6) is -3.62. The van der Waals surface area contributed by atoms with E-state index in [0.29, 0.717) is 18.8 Å². The first-order valence-corrected chi connectivity index (χ1v) is 13.3. The van der Waals surface area contributed by atoms with Gasteiger partial charge in [0.05, 0.1) is 39.6 Å². The van der Waals surface area contributed by atoms with Gasteiger partial charge in [-0.15, -0.1) is 0 Å². The van der Waals surface area contributed by atoms with Gasteiger partial charge in [0.1, 0.15) is 23.5 Å². The summed E-state index contributed by atoms with van der Waals surface area (Å²) in [6.45, 7) is 1.09. The van der Waals surface area contributed by atoms with Gasteiger partial charge in [0.25, 0.3) is 11.5 Å². The summed E-state index contributed by atoms with van der Waals surface area (Å²) in [4.78, 5) is 25.0. The average Bonchev–Trinajstić information content (AvgIpc) is 3.18. The zero-order valence-corrected chi connectivity index (χ0v) is 21.5. The molecule has 13 heteroatoms. The molecule has 0 amide bonds. The van der Waals surface area contributed by atoms with Crippen molar-refractivity contribution in [3.8, 4) is 23.2 Å². The number of alkyl halides is 2. The Morgan fingerprint density at radius 1 is 1.26 bits per heavy atom. The van der Waals surface area contributed by atoms with Crippen LogP contribution >= 0.6 is 11.3 Å². The molecule has 2 bridgehead atoms. The van der Waals surface area contributed by atoms with Gasteiger partial charge >= 0.3 is 0 Å². The van der Waals surface area contributed by atoms with Crippen LogP contribution in [0.4, 0.5) is 24.0 Å². The number of rotatable bonds is 4. The van der Waals surface area contributed by atoms with Crippen molar-refractivity contribution in [3.63, 3.8) is 0 Å². The fourth-order valence-electron chi connectivity index (χ4n) is 6.05. The highest BCUT2D eigenvalue weighted by molar-refractivity contribution is 7.22. The maximum Gasteiger partial charge on any atom is 0.270 e. The van der Waals surface area contributed by atoms with Crippen LogP contribution in [0.25, 0.3) is 32.4 Å². The van der Waals surface area contributed by atoms with E-state index in [1.165, 1.54) is 25.3 Å². The van der Waals surface area contributed by atoms with Crippen molar-refractivity contribution in [2.45, 2.75) is 43.3 Å². The lowest BCUT2D eigenvalue weighted by molar-refractivity contribution is 0.100. The minimum Gasteiger partial charge on any atom is -0.480 e. The first kappa shape index (κ1) is 24.2. The predicted octanol–water partition coefficient (Wildman–Crippen LogP) is 3.80. The first-order valence-electron chi connectivity index (χ1n) is 12.5. The molecule has 3 N–H and O–H groups in total. The fraction of sp³-hybridized carbons (Fsp3) is 0.385. The number of benzene rings is 1. The molecular formula is C26H22F3N7O2S. The number of piperazine rings is 1. The van der Waals surface area contributed by atoms with Crippen LogP contribution in [-0.2, 0) is 0 Å². The van der Waals surface area contributed by atoms with Crippen LogP contribution in [0, 0.1) is 17.1 Å². The van der Waals surface area contributed by atoms with Crippen molar-refractivity contribution in [2.24, 2.45) is 0 Å². The Morgan fingerprint density at radius 3 is 2.62 bits per heavy atom. The molecule has 4 aromatic rings. The molecule has 7 rings (SSSR count). The van der Waals surface area contributed by atoms with Crippen LogP contribution in [0.5, 0.6) is 5.88 Å². The number of nitrogens with zero attached hydrogens (tertiary/aromatic N) is 5. The number of fused-ring (bicyclic) bond motifs is 4. The van der Waals surface area contributed by atoms with Crippen LogP contribution in [0.2, 0.25) is 0 Å². The molecule has 1 saturated carbocycles. The van der Waals surface area contributed by atoms with Crippen LogP contribution in [0.1, 0.15) is 30.9 Å². The molecule has 9 nitrogen and oxygen atoms in total. The number of methoxy groups -OCH3 is 1. The molecule has 1 aromatic carbocycles. The number of anilines is 2. The molecule has 3 aromatic heterocycles. The topological polar surface area (TPSA) is 122 Å². The molecule has 3 unspecified atom stereocenters. The summed E-state index contributed by atoms with van der Waals surface area (Å²) in [6.07, 6.45) is 1.41. The zero-order chi connectivity index (χ0) is 27.2. The number of hydrogen-bond donors (Lipinski definition) is 2. The number of pyridine rings is 2. The summed E-state index contributed by atoms with van der Waals surface area (Å²) in [7, 11) is 1.38. The molecule has 3 fully saturated rings. The molecule has 2 aliphatic heterocycles. The summed E-state index contributed by atoms with van der Waals surface area (Å²) in [5.41, 5.74) is 6.36. The molecule has 0 spiro atoms. The highest BCUT2D eigenvalue weighted by Crippen LogP contribution is 2.54. The van der Waals surface area contributed by atoms with E-state index in [-0.39, 0.29) is 61.0 Å². The van der Waals surface area contributed by atoms with Gasteiger partial charge in [0.2, 0.25) is 5.88 Å². The predicted molar refractivity (Wildman–Crippen MR) is 141 cm³/mol. The van der Waals surface area contributed by atoms with Gasteiger partial charge < -0.3 is 20.7 Å². The molecule has 200 valence electrons. The second-order valence-electron chi connectivity index (χ2n) is 10.3. The highest BCUT2D eigenvalue weighted by atomic mass is 32.1. The van der Waals surface area contributed by atoms with E-state index in [1.54, 1.807) is 0 Å². The molecule has 3 atom stereocenters. The van der Waals surface area contributed by atoms with E-state index in [9.17, 15) is 23.2 Å². The normalized spacial score (nSPS) is 23.4. The van der Waals surface area contributed by atoms with Crippen molar-refractivity contribution in [1.29, 1.82) is 5.26 Å². The third-order valence-electron chi connectivity index (χ3n) is 7.86. The largest absolute Gasteiger partial charge is 0.480 e. The summed E-state index contributed by atoms with van der Waals surface area (Å²) >= 11 is 0.935. The van der Waals surface area contributed by atoms with Crippen molar-refractivity contribution < 1.29 is 17.9 Å². The maximum absolute atomic E-state index is 14.6. The Bertz CT molecular complexity index is 1780. The summed E-state index contributed by atoms with van der Waals surface area (Å²) in [5, 5.41) is 13.8. The molecule has 2 saturated heterocycles. The smallest absolute Gasteiger partial charge is 0.270 e. The Labute approximate surface area is 223 Å². The van der Waals surface area contributed by atoms with Crippen molar-refractivity contribution in [3.05, 3.63) is 39.9 Å². The number of nitriles is 1. The van der Waals surface area contributed by atoms with E-state index in [0.717, 1.165) is 28.7 Å².